The van der Waals surface area contributed by atoms with E-state index in [4.69, 9.17) is 31.4 Å². The summed E-state index contributed by atoms with van der Waals surface area (Å²) in [5.74, 6) is 0. The molecule has 0 aromatic carbocycles. The molecular weight excluding hydrogens is 166 g/mol. The number of nitriles is 1. The zero-order valence-corrected chi connectivity index (χ0v) is 6.33. The molecule has 0 aliphatic rings. The molecule has 0 rings (SSSR count). The van der Waals surface area contributed by atoms with Crippen LogP contribution in [0.4, 0.5) is 0 Å². The van der Waals surface area contributed by atoms with Gasteiger partial charge in [-0.25, -0.2) is 0 Å². The Labute approximate surface area is 69.5 Å². The molecule has 0 spiro atoms. The van der Waals surface area contributed by atoms with Gasteiger partial charge in [0.25, 0.3) is 0 Å². The molecule has 0 saturated heterocycles. The molecule has 0 saturated carbocycles. The van der Waals surface area contributed by atoms with E-state index in [0.29, 0.717) is 0 Å². The maximum Gasteiger partial charge on any atom is 0.122 e. The van der Waals surface area contributed by atoms with Crippen LogP contribution >= 0.6 is 0 Å². The first kappa shape index (κ1) is 11.3. The van der Waals surface area contributed by atoms with E-state index in [2.05, 4.69) is 0 Å². The minimum atomic E-state index is -1.61. The summed E-state index contributed by atoms with van der Waals surface area (Å²) in [6.45, 7) is -0.698. The average molecular weight is 178 g/mol. The lowest BCUT2D eigenvalue weighted by molar-refractivity contribution is -0.0784. The maximum atomic E-state index is 9.02. The van der Waals surface area contributed by atoms with Gasteiger partial charge in [0.05, 0.1) is 12.7 Å². The van der Waals surface area contributed by atoms with Crippen molar-refractivity contribution in [2.75, 3.05) is 6.61 Å². The molecule has 0 unspecified atom stereocenters. The Morgan fingerprint density at radius 2 is 1.75 bits per heavy atom. The third kappa shape index (κ3) is 2.73. The second kappa shape index (κ2) is 5.03. The Bertz CT molecular complexity index is 169. The molecule has 0 amide bonds. The third-order valence-electron chi connectivity index (χ3n) is 1.45. The molecule has 0 bridgehead atoms. The molecule has 6 nitrogen and oxygen atoms in total. The van der Waals surface area contributed by atoms with Gasteiger partial charge in [-0.3, -0.25) is 0 Å². The fourth-order valence-electron chi connectivity index (χ4n) is 0.624. The van der Waals surface area contributed by atoms with E-state index >= 15 is 0 Å². The Hall–Kier alpha value is -0.710. The van der Waals surface area contributed by atoms with Crippen LogP contribution in [0.25, 0.3) is 0 Å². The summed E-state index contributed by atoms with van der Waals surface area (Å²) in [6, 6.07) is 0.223. The van der Waals surface area contributed by atoms with E-state index in [1.165, 1.54) is 6.07 Å². The second-order valence-electron chi connectivity index (χ2n) is 2.39. The molecule has 4 atom stereocenters. The van der Waals surface area contributed by atoms with Crippen LogP contribution in [-0.2, 0) is 0 Å². The molecule has 12 heavy (non-hydrogen) atoms. The van der Waals surface area contributed by atoms with Crippen molar-refractivity contribution in [1.82, 2.24) is 0 Å². The van der Waals surface area contributed by atoms with Crippen LogP contribution in [0.2, 0.25) is 0 Å². The smallest absolute Gasteiger partial charge is 0.122 e. The summed E-state index contributed by atoms with van der Waals surface area (Å²) in [6.07, 6.45) is -4.65. The fraction of sp³-hybridized carbons (Fsp3) is 0.833. The first-order valence-electron chi connectivity index (χ1n) is 3.34. The first-order chi connectivity index (χ1) is 5.54. The molecule has 0 heterocycles. The molecule has 0 aliphatic heterocycles. The molecule has 6 heteroatoms. The highest BCUT2D eigenvalue weighted by molar-refractivity contribution is 4.96. The summed E-state index contributed by atoms with van der Waals surface area (Å²) < 4.78 is 0. The van der Waals surface area contributed by atoms with Gasteiger partial charge in [-0.1, -0.05) is 0 Å². The van der Waals surface area contributed by atoms with Crippen molar-refractivity contribution in [3.05, 3.63) is 0 Å². The molecule has 0 fully saturated rings. The SMILES string of the molecule is N#[13C][C@H]([15NH2])[C@@H](O)[C@H](O)[C@H](O)CO. The van der Waals surface area contributed by atoms with Gasteiger partial charge in [0, 0.05) is 0 Å². The highest BCUT2D eigenvalue weighted by Crippen LogP contribution is 2.02. The van der Waals surface area contributed by atoms with Gasteiger partial charge >= 0.3 is 0 Å². The van der Waals surface area contributed by atoms with Gasteiger partial charge in [0.15, 0.2) is 0 Å². The number of rotatable bonds is 4. The Morgan fingerprint density at radius 3 is 2.08 bits per heavy atom. The molecule has 0 aliphatic carbocycles. The van der Waals surface area contributed by atoms with Crippen molar-refractivity contribution >= 4 is 0 Å². The zero-order chi connectivity index (χ0) is 9.72. The molecule has 0 radical (unpaired) electrons. The summed E-state index contributed by atoms with van der Waals surface area (Å²) in [4.78, 5) is 0. The summed E-state index contributed by atoms with van der Waals surface area (Å²) in [5, 5.41) is 43.4. The molecule has 70 valence electrons. The van der Waals surface area contributed by atoms with E-state index in [-0.39, 0.29) is 0 Å². The highest BCUT2D eigenvalue weighted by atomic mass is 16.4. The topological polar surface area (TPSA) is 131 Å². The van der Waals surface area contributed by atoms with Gasteiger partial charge in [-0.05, 0) is 0 Å². The predicted octanol–water partition coefficient (Wildman–Crippen LogP) is -3.09. The monoisotopic (exact) mass is 178 g/mol. The summed E-state index contributed by atoms with van der Waals surface area (Å²) in [7, 11) is 0. The Balaban J connectivity index is 4.10. The van der Waals surface area contributed by atoms with Gasteiger partial charge in [-0.15, -0.1) is 0 Å². The van der Waals surface area contributed by atoms with Crippen molar-refractivity contribution < 1.29 is 20.4 Å². The Kier molecular flexibility index (Phi) is 4.73. The lowest BCUT2D eigenvalue weighted by atomic mass is 10.1. The fourth-order valence-corrected chi connectivity index (χ4v) is 0.624. The highest BCUT2D eigenvalue weighted by Gasteiger charge is 2.28. The van der Waals surface area contributed by atoms with E-state index < -0.39 is 31.0 Å². The van der Waals surface area contributed by atoms with Crippen LogP contribution < -0.4 is 5.73 Å². The van der Waals surface area contributed by atoms with E-state index in [9.17, 15) is 0 Å². The lowest BCUT2D eigenvalue weighted by Crippen LogP contribution is -2.48. The summed E-state index contributed by atoms with van der Waals surface area (Å²) >= 11 is 0. The third-order valence-corrected chi connectivity index (χ3v) is 1.45. The number of hydrogen-bond donors (Lipinski definition) is 5. The van der Waals surface area contributed by atoms with Crippen LogP contribution in [0, 0.1) is 11.3 Å². The van der Waals surface area contributed by atoms with Crippen LogP contribution in [0.5, 0.6) is 0 Å². The van der Waals surface area contributed by atoms with E-state index in [1.807, 2.05) is 0 Å². The van der Waals surface area contributed by atoms with Gasteiger partial charge in [-0.2, -0.15) is 5.26 Å². The Morgan fingerprint density at radius 1 is 1.25 bits per heavy atom. The summed E-state index contributed by atoms with van der Waals surface area (Å²) in [5.41, 5.74) is 5.05. The van der Waals surface area contributed by atoms with E-state index in [0.717, 1.165) is 0 Å². The number of nitrogens with two attached hydrogens (primary N) is 1. The molecular formula is C6H12N2O4. The van der Waals surface area contributed by atoms with Crippen LogP contribution in [0.1, 0.15) is 0 Å². The number of aliphatic hydroxyl groups excluding tert-OH is 4. The standard InChI is InChI=1S/C6H12N2O4/c7-1-3(8)5(11)6(12)4(10)2-9/h3-6,9-12H,2,8H2/t3-,4+,5+,6+/m0/s1/i1+1,8+1. The molecule has 6 N–H and O–H groups in total. The minimum Gasteiger partial charge on any atom is -0.394 e. The van der Waals surface area contributed by atoms with Crippen LogP contribution in [-0.4, -0.2) is 51.4 Å². The van der Waals surface area contributed by atoms with Gasteiger partial charge in [0.1, 0.15) is 24.4 Å². The van der Waals surface area contributed by atoms with Crippen LogP contribution in [0.15, 0.2) is 0 Å². The number of hydrogen-bond acceptors (Lipinski definition) is 6. The zero-order valence-electron chi connectivity index (χ0n) is 6.33. The number of aliphatic hydroxyl groups is 4. The van der Waals surface area contributed by atoms with Crippen LogP contribution in [0.3, 0.4) is 0 Å². The normalized spacial score (nSPS) is 20.7. The minimum absolute atomic E-state index is 0.698. The quantitative estimate of drug-likeness (QED) is 0.229. The van der Waals surface area contributed by atoms with Crippen molar-refractivity contribution in [3.63, 3.8) is 0 Å². The molecule has 0 aromatic rings. The van der Waals surface area contributed by atoms with Crippen molar-refractivity contribution in [3.8, 4) is 6.07 Å². The maximum absolute atomic E-state index is 9.02. The van der Waals surface area contributed by atoms with Crippen molar-refractivity contribution in [2.45, 2.75) is 24.4 Å². The first-order valence-corrected chi connectivity index (χ1v) is 3.34. The second-order valence-corrected chi connectivity index (χ2v) is 2.39. The van der Waals surface area contributed by atoms with Crippen molar-refractivity contribution in [1.29, 1.82) is 5.26 Å². The largest absolute Gasteiger partial charge is 0.394 e. The predicted molar refractivity (Wildman–Crippen MR) is 38.7 cm³/mol. The van der Waals surface area contributed by atoms with E-state index in [1.54, 1.807) is 0 Å². The van der Waals surface area contributed by atoms with Gasteiger partial charge in [0.2, 0.25) is 0 Å². The molecule has 0 aromatic heterocycles. The number of nitrogens with zero attached hydrogens (tertiary/aromatic N) is 1. The lowest BCUT2D eigenvalue weighted by Gasteiger charge is -2.22. The average Bonchev–Trinajstić information content (AvgIpc) is 2.12. The van der Waals surface area contributed by atoms with Crippen molar-refractivity contribution in [2.24, 2.45) is 5.73 Å². The van der Waals surface area contributed by atoms with Gasteiger partial charge < -0.3 is 26.2 Å².